The minimum Gasteiger partial charge on any atom is -0.0654 e. The first-order valence-electron chi connectivity index (χ1n) is 13.8. The van der Waals surface area contributed by atoms with Gasteiger partial charge in [-0.25, -0.2) is 0 Å². The Morgan fingerprint density at radius 2 is 0.571 bits per heavy atom. The lowest BCUT2D eigenvalue weighted by atomic mass is 9.92. The molecule has 0 bridgehead atoms. The van der Waals surface area contributed by atoms with Crippen molar-refractivity contribution in [3.63, 3.8) is 0 Å². The molecule has 0 fully saturated rings. The van der Waals surface area contributed by atoms with Crippen LogP contribution in [-0.4, -0.2) is 0 Å². The lowest BCUT2D eigenvalue weighted by Crippen LogP contribution is -1.99. The quantitative estimate of drug-likeness (QED) is 0.143. The van der Waals surface area contributed by atoms with E-state index in [1.54, 1.807) is 0 Å². The van der Waals surface area contributed by atoms with Gasteiger partial charge in [-0.3, -0.25) is 0 Å². The molecule has 0 aromatic carbocycles. The predicted molar refractivity (Wildman–Crippen MR) is 131 cm³/mol. The van der Waals surface area contributed by atoms with Crippen LogP contribution in [0.15, 0.2) is 0 Å². The molecule has 0 heterocycles. The molecule has 0 aliphatic rings. The van der Waals surface area contributed by atoms with Crippen LogP contribution in [0.3, 0.4) is 0 Å². The molecule has 0 heteroatoms. The maximum atomic E-state index is 2.41. The van der Waals surface area contributed by atoms with Gasteiger partial charge in [0.1, 0.15) is 0 Å². The third-order valence-corrected chi connectivity index (χ3v) is 6.76. The average Bonchev–Trinajstić information content (AvgIpc) is 2.71. The molecule has 0 saturated carbocycles. The molecule has 1 atom stereocenters. The largest absolute Gasteiger partial charge is 0.0654 e. The van der Waals surface area contributed by atoms with E-state index in [9.17, 15) is 0 Å². The van der Waals surface area contributed by atoms with Gasteiger partial charge in [0, 0.05) is 0 Å². The van der Waals surface area contributed by atoms with Crippen LogP contribution in [0.4, 0.5) is 0 Å². The Bertz CT molecular complexity index is 257. The van der Waals surface area contributed by atoms with E-state index >= 15 is 0 Å². The Balaban J connectivity index is 3.22. The molecule has 0 aromatic rings. The van der Waals surface area contributed by atoms with Crippen LogP contribution in [0.2, 0.25) is 0 Å². The highest BCUT2D eigenvalue weighted by Gasteiger charge is 2.05. The fourth-order valence-corrected chi connectivity index (χ4v) is 4.57. The summed E-state index contributed by atoms with van der Waals surface area (Å²) < 4.78 is 0. The molecule has 0 amide bonds. The lowest BCUT2D eigenvalue weighted by molar-refractivity contribution is 0.392. The summed E-state index contributed by atoms with van der Waals surface area (Å²) in [6, 6.07) is 0. The minimum absolute atomic E-state index is 1.02. The topological polar surface area (TPSA) is 0 Å². The molecule has 0 saturated heterocycles. The molecule has 170 valence electrons. The standard InChI is InChI=1S/C28H58/c1-4-7-9-11-13-14-15-16-17-18-19-20-21-23-25-27-28(6-3)26-24-22-12-10-8-5-2/h28H,4-27H2,1-3H3. The average molecular weight is 395 g/mol. The van der Waals surface area contributed by atoms with Crippen molar-refractivity contribution in [2.75, 3.05) is 0 Å². The zero-order chi connectivity index (χ0) is 20.5. The lowest BCUT2D eigenvalue weighted by Gasteiger charge is -2.14. The molecule has 0 radical (unpaired) electrons. The fourth-order valence-electron chi connectivity index (χ4n) is 4.57. The minimum atomic E-state index is 1.02. The first-order chi connectivity index (χ1) is 13.8. The van der Waals surface area contributed by atoms with Gasteiger partial charge in [0.25, 0.3) is 0 Å². The molecule has 1 unspecified atom stereocenters. The van der Waals surface area contributed by atoms with Crippen LogP contribution in [0.25, 0.3) is 0 Å². The molecular formula is C28H58. The van der Waals surface area contributed by atoms with Gasteiger partial charge in [0.15, 0.2) is 0 Å². The van der Waals surface area contributed by atoms with E-state index in [-0.39, 0.29) is 0 Å². The van der Waals surface area contributed by atoms with Crippen molar-refractivity contribution in [3.05, 3.63) is 0 Å². The highest BCUT2D eigenvalue weighted by Crippen LogP contribution is 2.22. The van der Waals surface area contributed by atoms with Gasteiger partial charge >= 0.3 is 0 Å². The van der Waals surface area contributed by atoms with Gasteiger partial charge in [-0.1, -0.05) is 175 Å². The number of hydrogen-bond donors (Lipinski definition) is 0. The number of unbranched alkanes of at least 4 members (excludes halogenated alkanes) is 19. The third kappa shape index (κ3) is 22.3. The van der Waals surface area contributed by atoms with Crippen molar-refractivity contribution >= 4 is 0 Å². The van der Waals surface area contributed by atoms with E-state index in [1.165, 1.54) is 154 Å². The van der Waals surface area contributed by atoms with Crippen LogP contribution < -0.4 is 0 Å². The van der Waals surface area contributed by atoms with E-state index in [0.717, 1.165) is 5.92 Å². The molecule has 0 nitrogen and oxygen atoms in total. The van der Waals surface area contributed by atoms with Gasteiger partial charge < -0.3 is 0 Å². The zero-order valence-corrected chi connectivity index (χ0v) is 20.5. The highest BCUT2D eigenvalue weighted by molar-refractivity contribution is 4.59. The Morgan fingerprint density at radius 1 is 0.321 bits per heavy atom. The summed E-state index contributed by atoms with van der Waals surface area (Å²) in [7, 11) is 0. The first-order valence-corrected chi connectivity index (χ1v) is 13.8. The predicted octanol–water partition coefficient (Wildman–Crippen LogP) is 11.0. The van der Waals surface area contributed by atoms with Crippen molar-refractivity contribution in [1.29, 1.82) is 0 Å². The molecule has 0 rings (SSSR count). The van der Waals surface area contributed by atoms with Gasteiger partial charge in [-0.15, -0.1) is 0 Å². The number of rotatable bonds is 24. The van der Waals surface area contributed by atoms with Gasteiger partial charge in [0.05, 0.1) is 0 Å². The van der Waals surface area contributed by atoms with Gasteiger partial charge in [-0.2, -0.15) is 0 Å². The van der Waals surface area contributed by atoms with Crippen LogP contribution in [0.5, 0.6) is 0 Å². The zero-order valence-electron chi connectivity index (χ0n) is 20.5. The van der Waals surface area contributed by atoms with E-state index in [4.69, 9.17) is 0 Å². The van der Waals surface area contributed by atoms with Crippen molar-refractivity contribution in [1.82, 2.24) is 0 Å². The molecule has 0 aliphatic carbocycles. The van der Waals surface area contributed by atoms with Crippen molar-refractivity contribution in [2.45, 2.75) is 175 Å². The second-order valence-electron chi connectivity index (χ2n) is 9.57. The third-order valence-electron chi connectivity index (χ3n) is 6.76. The summed E-state index contributed by atoms with van der Waals surface area (Å²) in [4.78, 5) is 0. The molecule has 28 heavy (non-hydrogen) atoms. The van der Waals surface area contributed by atoms with Crippen LogP contribution in [0, 0.1) is 5.92 Å². The molecule has 0 aliphatic heterocycles. The van der Waals surface area contributed by atoms with Crippen molar-refractivity contribution in [3.8, 4) is 0 Å². The van der Waals surface area contributed by atoms with Crippen LogP contribution in [0.1, 0.15) is 175 Å². The normalized spacial score (nSPS) is 12.5. The Hall–Kier alpha value is 0. The molecule has 0 spiro atoms. The monoisotopic (exact) mass is 394 g/mol. The van der Waals surface area contributed by atoms with E-state index in [2.05, 4.69) is 20.8 Å². The summed E-state index contributed by atoms with van der Waals surface area (Å²) in [5.41, 5.74) is 0. The first kappa shape index (κ1) is 28.0. The second kappa shape index (κ2) is 25.0. The smallest absolute Gasteiger partial charge is 0.0417 e. The SMILES string of the molecule is CCCCCCCCCCCCCCCCCC(CC)CCCCCCCC. The molecular weight excluding hydrogens is 336 g/mol. The maximum absolute atomic E-state index is 2.41. The fraction of sp³-hybridized carbons (Fsp3) is 1.00. The second-order valence-corrected chi connectivity index (χ2v) is 9.57. The summed E-state index contributed by atoms with van der Waals surface area (Å²) in [5.74, 6) is 1.02. The number of hydrogen-bond acceptors (Lipinski definition) is 0. The van der Waals surface area contributed by atoms with E-state index < -0.39 is 0 Å². The van der Waals surface area contributed by atoms with Crippen molar-refractivity contribution < 1.29 is 0 Å². The van der Waals surface area contributed by atoms with E-state index in [1.807, 2.05) is 0 Å². The van der Waals surface area contributed by atoms with Gasteiger partial charge in [-0.05, 0) is 5.92 Å². The van der Waals surface area contributed by atoms with Crippen LogP contribution in [-0.2, 0) is 0 Å². The Labute approximate surface area is 181 Å². The highest BCUT2D eigenvalue weighted by atomic mass is 14.1. The summed E-state index contributed by atoms with van der Waals surface area (Å²) in [6.45, 7) is 7.02. The van der Waals surface area contributed by atoms with Crippen LogP contribution >= 0.6 is 0 Å². The van der Waals surface area contributed by atoms with Gasteiger partial charge in [0.2, 0.25) is 0 Å². The summed E-state index contributed by atoms with van der Waals surface area (Å²) in [5, 5.41) is 0. The summed E-state index contributed by atoms with van der Waals surface area (Å²) in [6.07, 6.45) is 35.3. The Morgan fingerprint density at radius 3 is 0.821 bits per heavy atom. The van der Waals surface area contributed by atoms with Crippen molar-refractivity contribution in [2.24, 2.45) is 5.92 Å². The Kier molecular flexibility index (Phi) is 25.0. The van der Waals surface area contributed by atoms with E-state index in [0.29, 0.717) is 0 Å². The molecule has 0 N–H and O–H groups in total. The molecule has 0 aromatic heterocycles. The maximum Gasteiger partial charge on any atom is -0.0417 e. The summed E-state index contributed by atoms with van der Waals surface area (Å²) >= 11 is 0.